The van der Waals surface area contributed by atoms with E-state index >= 15 is 0 Å². The van der Waals surface area contributed by atoms with E-state index in [2.05, 4.69) is 21.8 Å². The third kappa shape index (κ3) is 3.92. The summed E-state index contributed by atoms with van der Waals surface area (Å²) in [7, 11) is 2.89. The molecule has 0 aromatic carbocycles. The van der Waals surface area contributed by atoms with Crippen molar-refractivity contribution in [2.24, 2.45) is 14.1 Å². The normalized spacial score (nSPS) is 11.5. The van der Waals surface area contributed by atoms with Gasteiger partial charge in [0.05, 0.1) is 17.3 Å². The van der Waals surface area contributed by atoms with Crippen LogP contribution in [0, 0.1) is 25.2 Å². The van der Waals surface area contributed by atoms with Gasteiger partial charge in [0.15, 0.2) is 0 Å². The van der Waals surface area contributed by atoms with Crippen molar-refractivity contribution in [2.75, 3.05) is 5.32 Å². The molecule has 0 aliphatic heterocycles. The van der Waals surface area contributed by atoms with E-state index in [0.29, 0.717) is 0 Å². The van der Waals surface area contributed by atoms with Crippen molar-refractivity contribution in [2.45, 2.75) is 33.7 Å². The summed E-state index contributed by atoms with van der Waals surface area (Å²) in [6, 6.07) is 5.33. The Kier molecular flexibility index (Phi) is 5.92. The number of nitrogens with one attached hydrogen (secondary N) is 1. The zero-order valence-electron chi connectivity index (χ0n) is 18.2. The van der Waals surface area contributed by atoms with Crippen LogP contribution in [0.15, 0.2) is 33.5 Å². The fourth-order valence-electron chi connectivity index (χ4n) is 3.58. The van der Waals surface area contributed by atoms with Crippen molar-refractivity contribution in [1.29, 1.82) is 5.26 Å². The topological polar surface area (TPSA) is 115 Å². The van der Waals surface area contributed by atoms with Crippen molar-refractivity contribution >= 4 is 28.7 Å². The van der Waals surface area contributed by atoms with Crippen LogP contribution < -0.4 is 16.6 Å². The average molecular weight is 420 g/mol. The van der Waals surface area contributed by atoms with E-state index in [4.69, 9.17) is 0 Å². The Morgan fingerprint density at radius 2 is 1.94 bits per heavy atom. The summed E-state index contributed by atoms with van der Waals surface area (Å²) in [6.07, 6.45) is 3.88. The van der Waals surface area contributed by atoms with Gasteiger partial charge in [0.25, 0.3) is 11.5 Å². The van der Waals surface area contributed by atoms with Gasteiger partial charge in [0.2, 0.25) is 0 Å². The molecular formula is C22H24N6O3. The Morgan fingerprint density at radius 1 is 1.23 bits per heavy atom. The lowest BCUT2D eigenvalue weighted by Crippen LogP contribution is -2.37. The number of aryl methyl sites for hydroxylation is 2. The van der Waals surface area contributed by atoms with Gasteiger partial charge in [0, 0.05) is 32.0 Å². The Balaban J connectivity index is 1.96. The summed E-state index contributed by atoms with van der Waals surface area (Å²) in [4.78, 5) is 41.3. The number of aromatic nitrogens is 4. The van der Waals surface area contributed by atoms with E-state index < -0.39 is 17.2 Å². The maximum absolute atomic E-state index is 12.7. The molecule has 0 aliphatic carbocycles. The van der Waals surface area contributed by atoms with Crippen LogP contribution in [0.2, 0.25) is 0 Å². The van der Waals surface area contributed by atoms with Gasteiger partial charge < -0.3 is 9.88 Å². The van der Waals surface area contributed by atoms with Crippen LogP contribution >= 0.6 is 0 Å². The molecule has 3 heterocycles. The molecule has 0 radical (unpaired) electrons. The SMILES string of the molecule is CCCn1c(C)cc(/C=C(\C#N)C(=O)Nc2cnc3c(c2)c(=O)n(C)c(=O)n3C)c1C. The molecule has 9 heteroatoms. The molecular weight excluding hydrogens is 396 g/mol. The van der Waals surface area contributed by atoms with Crippen LogP contribution in [0.1, 0.15) is 30.3 Å². The summed E-state index contributed by atoms with van der Waals surface area (Å²) in [5.41, 5.74) is 2.25. The van der Waals surface area contributed by atoms with Crippen LogP contribution in [-0.2, 0) is 25.4 Å². The van der Waals surface area contributed by atoms with Gasteiger partial charge >= 0.3 is 5.69 Å². The summed E-state index contributed by atoms with van der Waals surface area (Å²) < 4.78 is 4.38. The first-order valence-electron chi connectivity index (χ1n) is 9.85. The molecule has 1 amide bonds. The molecule has 0 saturated carbocycles. The number of carbonyl (C=O) groups excluding carboxylic acids is 1. The second-order valence-electron chi connectivity index (χ2n) is 7.40. The van der Waals surface area contributed by atoms with Crippen molar-refractivity contribution in [3.05, 3.63) is 61.7 Å². The van der Waals surface area contributed by atoms with E-state index in [1.54, 1.807) is 6.08 Å². The van der Waals surface area contributed by atoms with E-state index in [1.165, 1.54) is 30.9 Å². The van der Waals surface area contributed by atoms with Gasteiger partial charge in [-0.3, -0.25) is 18.7 Å². The van der Waals surface area contributed by atoms with Crippen LogP contribution in [0.4, 0.5) is 5.69 Å². The maximum Gasteiger partial charge on any atom is 0.332 e. The molecule has 3 rings (SSSR count). The standard InChI is InChI=1S/C22H24N6O3/c1-6-7-28-13(2)8-15(14(28)3)9-16(11-23)20(29)25-17-10-18-19(24-12-17)26(4)22(31)27(5)21(18)30/h8-10,12H,6-7H2,1-5H3,(H,25,29)/b16-9+. The van der Waals surface area contributed by atoms with Crippen LogP contribution in [0.5, 0.6) is 0 Å². The van der Waals surface area contributed by atoms with Gasteiger partial charge in [-0.2, -0.15) is 5.26 Å². The third-order valence-corrected chi connectivity index (χ3v) is 5.28. The highest BCUT2D eigenvalue weighted by Crippen LogP contribution is 2.20. The van der Waals surface area contributed by atoms with E-state index in [-0.39, 0.29) is 22.3 Å². The second-order valence-corrected chi connectivity index (χ2v) is 7.40. The highest BCUT2D eigenvalue weighted by molar-refractivity contribution is 6.10. The summed E-state index contributed by atoms with van der Waals surface area (Å²) >= 11 is 0. The minimum absolute atomic E-state index is 0.0646. The fourth-order valence-corrected chi connectivity index (χ4v) is 3.58. The molecule has 1 N–H and O–H groups in total. The van der Waals surface area contributed by atoms with E-state index in [1.807, 2.05) is 26.0 Å². The molecule has 0 aliphatic rings. The van der Waals surface area contributed by atoms with Crippen LogP contribution in [0.25, 0.3) is 17.1 Å². The molecule has 0 atom stereocenters. The quantitative estimate of drug-likeness (QED) is 0.501. The Morgan fingerprint density at radius 3 is 2.58 bits per heavy atom. The minimum Gasteiger partial charge on any atom is -0.349 e. The van der Waals surface area contributed by atoms with Gasteiger partial charge in [-0.1, -0.05) is 6.92 Å². The summed E-state index contributed by atoms with van der Waals surface area (Å²) in [5.74, 6) is -0.606. The fraction of sp³-hybridized carbons (Fsp3) is 0.318. The largest absolute Gasteiger partial charge is 0.349 e. The molecule has 0 fully saturated rings. The van der Waals surface area contributed by atoms with E-state index in [9.17, 15) is 19.6 Å². The molecule has 3 aromatic heterocycles. The van der Waals surface area contributed by atoms with Gasteiger partial charge in [-0.15, -0.1) is 0 Å². The van der Waals surface area contributed by atoms with Gasteiger partial charge in [-0.05, 0) is 44.0 Å². The van der Waals surface area contributed by atoms with Crippen molar-refractivity contribution in [1.82, 2.24) is 18.7 Å². The number of nitrogens with zero attached hydrogens (tertiary/aromatic N) is 5. The first kappa shape index (κ1) is 21.8. The summed E-state index contributed by atoms with van der Waals surface area (Å²) in [6.45, 7) is 6.89. The van der Waals surface area contributed by atoms with Crippen molar-refractivity contribution < 1.29 is 4.79 Å². The monoisotopic (exact) mass is 420 g/mol. The lowest BCUT2D eigenvalue weighted by atomic mass is 10.1. The molecule has 3 aromatic rings. The van der Waals surface area contributed by atoms with Gasteiger partial charge in [0.1, 0.15) is 17.3 Å². The molecule has 0 bridgehead atoms. The molecule has 0 spiro atoms. The number of amides is 1. The van der Waals surface area contributed by atoms with E-state index in [0.717, 1.165) is 34.5 Å². The minimum atomic E-state index is -0.606. The zero-order chi connectivity index (χ0) is 22.9. The molecule has 9 nitrogen and oxygen atoms in total. The number of hydrogen-bond donors (Lipinski definition) is 1. The molecule has 0 saturated heterocycles. The first-order valence-corrected chi connectivity index (χ1v) is 9.85. The second kappa shape index (κ2) is 8.44. The number of rotatable bonds is 5. The predicted octanol–water partition coefficient (Wildman–Crippen LogP) is 2.01. The summed E-state index contributed by atoms with van der Waals surface area (Å²) in [5, 5.41) is 12.3. The lowest BCUT2D eigenvalue weighted by Gasteiger charge is -2.09. The molecule has 0 unspecified atom stereocenters. The third-order valence-electron chi connectivity index (χ3n) is 5.28. The number of fused-ring (bicyclic) bond motifs is 1. The van der Waals surface area contributed by atoms with Gasteiger partial charge in [-0.25, -0.2) is 9.78 Å². The Labute approximate surface area is 178 Å². The predicted molar refractivity (Wildman–Crippen MR) is 119 cm³/mol. The zero-order valence-corrected chi connectivity index (χ0v) is 18.2. The number of hydrogen-bond acceptors (Lipinski definition) is 5. The van der Waals surface area contributed by atoms with Crippen LogP contribution in [0.3, 0.4) is 0 Å². The Bertz CT molecular complexity index is 1380. The number of anilines is 1. The number of carbonyl (C=O) groups is 1. The van der Waals surface area contributed by atoms with Crippen LogP contribution in [-0.4, -0.2) is 24.6 Å². The number of pyridine rings is 1. The highest BCUT2D eigenvalue weighted by atomic mass is 16.2. The Hall–Kier alpha value is -3.93. The smallest absolute Gasteiger partial charge is 0.332 e. The van der Waals surface area contributed by atoms with Crippen molar-refractivity contribution in [3.63, 3.8) is 0 Å². The van der Waals surface area contributed by atoms with Crippen molar-refractivity contribution in [3.8, 4) is 6.07 Å². The molecule has 31 heavy (non-hydrogen) atoms. The first-order chi connectivity index (χ1) is 14.7. The number of nitriles is 1. The maximum atomic E-state index is 12.7. The average Bonchev–Trinajstić information content (AvgIpc) is 3.02. The molecule has 160 valence electrons. The highest BCUT2D eigenvalue weighted by Gasteiger charge is 2.15. The lowest BCUT2D eigenvalue weighted by molar-refractivity contribution is -0.112.